The highest BCUT2D eigenvalue weighted by Gasteiger charge is 2.19. The Balaban J connectivity index is 0.975. The number of rotatable bonds is 4. The topological polar surface area (TPSA) is 53.7 Å². The minimum atomic E-state index is 0.859. The Morgan fingerprint density at radius 1 is 0.345 bits per heavy atom. The molecule has 13 aromatic rings. The van der Waals surface area contributed by atoms with Crippen molar-refractivity contribution in [3.05, 3.63) is 188 Å². The third kappa shape index (κ3) is 4.37. The van der Waals surface area contributed by atoms with E-state index < -0.39 is 0 Å². The summed E-state index contributed by atoms with van der Waals surface area (Å²) in [6, 6.07) is 64.6. The molecule has 270 valence electrons. The SMILES string of the molecule is c1cc(-n2c3ccccc3c3cc(-c4ccc5oc6ccccc6c5c4)ccc32)nc(-n2c3ccccc3c3cc(-n4c5ccccc5c5cccnc54)ccc32)c1. The van der Waals surface area contributed by atoms with Crippen LogP contribution in [0.25, 0.3) is 116 Å². The summed E-state index contributed by atoms with van der Waals surface area (Å²) in [6.07, 6.45) is 1.88. The lowest BCUT2D eigenvalue weighted by Crippen LogP contribution is -2.03. The summed E-state index contributed by atoms with van der Waals surface area (Å²) in [5, 5.41) is 9.30. The molecule has 6 heterocycles. The predicted molar refractivity (Wildman–Crippen MR) is 238 cm³/mol. The standard InChI is InChI=1S/C52H31N5O/c1-5-16-43-35(11-1)39-15-10-28-53-52(39)55(43)34-24-26-47-41(31-34)37-13-3-7-18-45(37)57(47)51-21-9-20-50(54-51)56-44-17-6-2-12-36(44)40-29-32(22-25-46(40)56)33-23-27-49-42(30-33)38-14-4-8-19-48(38)58-49/h1-31H. The third-order valence-electron chi connectivity index (χ3n) is 11.9. The number of fused-ring (bicyclic) bond motifs is 12. The van der Waals surface area contributed by atoms with Crippen molar-refractivity contribution in [2.24, 2.45) is 0 Å². The van der Waals surface area contributed by atoms with Gasteiger partial charge in [-0.25, -0.2) is 9.97 Å². The molecular formula is C52H31N5O. The molecule has 0 unspecified atom stereocenters. The second-order valence-electron chi connectivity index (χ2n) is 15.0. The highest BCUT2D eigenvalue weighted by molar-refractivity contribution is 6.13. The van der Waals surface area contributed by atoms with Gasteiger partial charge in [0, 0.05) is 55.0 Å². The van der Waals surface area contributed by atoms with Crippen molar-refractivity contribution in [2.75, 3.05) is 0 Å². The minimum Gasteiger partial charge on any atom is -0.456 e. The summed E-state index contributed by atoms with van der Waals surface area (Å²) in [7, 11) is 0. The largest absolute Gasteiger partial charge is 0.456 e. The van der Waals surface area contributed by atoms with Crippen LogP contribution in [-0.4, -0.2) is 23.7 Å². The van der Waals surface area contributed by atoms with Gasteiger partial charge in [0.1, 0.15) is 28.4 Å². The molecule has 0 spiro atoms. The van der Waals surface area contributed by atoms with Gasteiger partial charge in [0.25, 0.3) is 0 Å². The molecule has 6 nitrogen and oxygen atoms in total. The van der Waals surface area contributed by atoms with Crippen molar-refractivity contribution >= 4 is 87.5 Å². The number of hydrogen-bond acceptors (Lipinski definition) is 3. The van der Waals surface area contributed by atoms with Crippen LogP contribution in [0, 0.1) is 0 Å². The molecule has 0 saturated heterocycles. The molecule has 0 N–H and O–H groups in total. The minimum absolute atomic E-state index is 0.859. The molecule has 0 fully saturated rings. The first-order valence-electron chi connectivity index (χ1n) is 19.6. The number of nitrogens with zero attached hydrogens (tertiary/aromatic N) is 5. The van der Waals surface area contributed by atoms with Crippen LogP contribution in [0.4, 0.5) is 0 Å². The molecule has 0 aliphatic heterocycles. The maximum atomic E-state index is 6.14. The van der Waals surface area contributed by atoms with Crippen LogP contribution in [0.5, 0.6) is 0 Å². The maximum Gasteiger partial charge on any atom is 0.145 e. The molecule has 0 aliphatic rings. The lowest BCUT2D eigenvalue weighted by Gasteiger charge is -2.12. The van der Waals surface area contributed by atoms with E-state index in [2.05, 4.69) is 177 Å². The Bertz CT molecular complexity index is 3770. The van der Waals surface area contributed by atoms with Crippen molar-refractivity contribution in [3.8, 4) is 28.5 Å². The molecule has 0 atom stereocenters. The van der Waals surface area contributed by atoms with E-state index in [1.165, 1.54) is 21.5 Å². The van der Waals surface area contributed by atoms with E-state index in [1.807, 2.05) is 24.4 Å². The number of benzene rings is 7. The van der Waals surface area contributed by atoms with E-state index in [0.717, 1.165) is 94.4 Å². The van der Waals surface area contributed by atoms with Gasteiger partial charge in [0.15, 0.2) is 0 Å². The Hall–Kier alpha value is -7.96. The van der Waals surface area contributed by atoms with Crippen molar-refractivity contribution < 1.29 is 4.42 Å². The summed E-state index contributed by atoms with van der Waals surface area (Å²) >= 11 is 0. The Labute approximate surface area is 331 Å². The van der Waals surface area contributed by atoms with Crippen molar-refractivity contribution in [3.63, 3.8) is 0 Å². The molecule has 7 aromatic carbocycles. The van der Waals surface area contributed by atoms with Crippen molar-refractivity contribution in [1.82, 2.24) is 23.7 Å². The normalized spacial score (nSPS) is 12.1. The highest BCUT2D eigenvalue weighted by atomic mass is 16.3. The van der Waals surface area contributed by atoms with Gasteiger partial charge in [-0.15, -0.1) is 0 Å². The van der Waals surface area contributed by atoms with Crippen molar-refractivity contribution in [1.29, 1.82) is 0 Å². The summed E-state index contributed by atoms with van der Waals surface area (Å²) in [6.45, 7) is 0. The number of para-hydroxylation sites is 4. The molecule has 0 aliphatic carbocycles. The Morgan fingerprint density at radius 3 is 1.59 bits per heavy atom. The molecule has 6 aromatic heterocycles. The zero-order chi connectivity index (χ0) is 37.9. The average molecular weight is 742 g/mol. The van der Waals surface area contributed by atoms with Crippen LogP contribution in [0.1, 0.15) is 0 Å². The zero-order valence-corrected chi connectivity index (χ0v) is 31.0. The van der Waals surface area contributed by atoms with Gasteiger partial charge in [-0.2, -0.15) is 0 Å². The zero-order valence-electron chi connectivity index (χ0n) is 31.0. The maximum absolute atomic E-state index is 6.14. The summed E-state index contributed by atoms with van der Waals surface area (Å²) in [5.41, 5.74) is 11.7. The number of hydrogen-bond donors (Lipinski definition) is 0. The lowest BCUT2D eigenvalue weighted by molar-refractivity contribution is 0.669. The van der Waals surface area contributed by atoms with Gasteiger partial charge >= 0.3 is 0 Å². The van der Waals surface area contributed by atoms with Gasteiger partial charge in [-0.05, 0) is 102 Å². The predicted octanol–water partition coefficient (Wildman–Crippen LogP) is 13.3. The van der Waals surface area contributed by atoms with Gasteiger partial charge in [0.2, 0.25) is 0 Å². The number of pyridine rings is 2. The summed E-state index contributed by atoms with van der Waals surface area (Å²) < 4.78 is 13.0. The molecule has 6 heteroatoms. The highest BCUT2D eigenvalue weighted by Crippen LogP contribution is 2.39. The first-order valence-corrected chi connectivity index (χ1v) is 19.6. The molecule has 13 rings (SSSR count). The van der Waals surface area contributed by atoms with Crippen LogP contribution in [-0.2, 0) is 0 Å². The fraction of sp³-hybridized carbons (Fsp3) is 0. The second-order valence-corrected chi connectivity index (χ2v) is 15.0. The number of furan rings is 1. The van der Waals surface area contributed by atoms with Crippen LogP contribution in [0.3, 0.4) is 0 Å². The van der Waals surface area contributed by atoms with Crippen LogP contribution >= 0.6 is 0 Å². The Morgan fingerprint density at radius 2 is 0.862 bits per heavy atom. The second kappa shape index (κ2) is 11.8. The molecular weight excluding hydrogens is 711 g/mol. The Kier molecular flexibility index (Phi) is 6.35. The molecule has 58 heavy (non-hydrogen) atoms. The lowest BCUT2D eigenvalue weighted by atomic mass is 10.0. The average Bonchev–Trinajstić information content (AvgIpc) is 4.02. The molecule has 0 radical (unpaired) electrons. The van der Waals surface area contributed by atoms with Crippen LogP contribution < -0.4 is 0 Å². The van der Waals surface area contributed by atoms with E-state index >= 15 is 0 Å². The van der Waals surface area contributed by atoms with E-state index in [1.54, 1.807) is 0 Å². The van der Waals surface area contributed by atoms with Crippen molar-refractivity contribution in [2.45, 2.75) is 0 Å². The fourth-order valence-electron chi connectivity index (χ4n) is 9.37. The summed E-state index contributed by atoms with van der Waals surface area (Å²) in [4.78, 5) is 10.3. The number of aromatic nitrogens is 5. The van der Waals surface area contributed by atoms with E-state index in [4.69, 9.17) is 14.4 Å². The van der Waals surface area contributed by atoms with Gasteiger partial charge < -0.3 is 4.42 Å². The fourth-order valence-corrected chi connectivity index (χ4v) is 9.37. The molecule has 0 amide bonds. The van der Waals surface area contributed by atoms with Gasteiger partial charge in [-0.1, -0.05) is 91.0 Å². The first kappa shape index (κ1) is 31.3. The third-order valence-corrected chi connectivity index (χ3v) is 11.9. The van der Waals surface area contributed by atoms with E-state index in [0.29, 0.717) is 0 Å². The molecule has 0 saturated carbocycles. The van der Waals surface area contributed by atoms with Gasteiger partial charge in [-0.3, -0.25) is 13.7 Å². The van der Waals surface area contributed by atoms with Crippen LogP contribution in [0.15, 0.2) is 193 Å². The van der Waals surface area contributed by atoms with Gasteiger partial charge in [0.05, 0.1) is 27.6 Å². The van der Waals surface area contributed by atoms with Crippen LogP contribution in [0.2, 0.25) is 0 Å². The quantitative estimate of drug-likeness (QED) is 0.180. The molecule has 0 bridgehead atoms. The monoisotopic (exact) mass is 741 g/mol. The smallest absolute Gasteiger partial charge is 0.145 e. The van der Waals surface area contributed by atoms with E-state index in [-0.39, 0.29) is 0 Å². The van der Waals surface area contributed by atoms with E-state index in [9.17, 15) is 0 Å². The summed E-state index contributed by atoms with van der Waals surface area (Å²) in [5.74, 6) is 1.72. The first-order chi connectivity index (χ1) is 28.8.